The second-order valence-electron chi connectivity index (χ2n) is 4.83. The van der Waals surface area contributed by atoms with E-state index in [1.165, 1.54) is 0 Å². The minimum atomic E-state index is -0.948. The molecule has 2 heterocycles. The summed E-state index contributed by atoms with van der Waals surface area (Å²) in [5, 5.41) is 9.04. The predicted octanol–water partition coefficient (Wildman–Crippen LogP) is 2.33. The lowest BCUT2D eigenvalue weighted by Gasteiger charge is -2.13. The molecule has 0 aliphatic rings. The van der Waals surface area contributed by atoms with E-state index >= 15 is 0 Å². The van der Waals surface area contributed by atoms with Crippen molar-refractivity contribution >= 4 is 11.6 Å². The van der Waals surface area contributed by atoms with E-state index in [9.17, 15) is 4.79 Å². The Bertz CT molecular complexity index is 550. The van der Waals surface area contributed by atoms with E-state index in [-0.39, 0.29) is 11.0 Å². The van der Waals surface area contributed by atoms with Crippen LogP contribution < -0.4 is 0 Å². The van der Waals surface area contributed by atoms with E-state index in [1.807, 2.05) is 12.4 Å². The first-order chi connectivity index (χ1) is 7.39. The van der Waals surface area contributed by atoms with Gasteiger partial charge in [-0.05, 0) is 12.1 Å². The van der Waals surface area contributed by atoms with Gasteiger partial charge in [0.2, 0.25) is 0 Å². The predicted molar refractivity (Wildman–Crippen MR) is 60.9 cm³/mol. The molecule has 4 nitrogen and oxygen atoms in total. The molecule has 0 aliphatic heterocycles. The van der Waals surface area contributed by atoms with Crippen LogP contribution in [0.3, 0.4) is 0 Å². The minimum absolute atomic E-state index is 0.0816. The first kappa shape index (κ1) is 10.7. The van der Waals surface area contributed by atoms with E-state index in [2.05, 4.69) is 25.8 Å². The molecule has 0 aromatic carbocycles. The van der Waals surface area contributed by atoms with E-state index in [4.69, 9.17) is 5.11 Å². The topological polar surface area (TPSA) is 54.6 Å². The van der Waals surface area contributed by atoms with Crippen molar-refractivity contribution < 1.29 is 9.90 Å². The second-order valence-corrected chi connectivity index (χ2v) is 4.83. The summed E-state index contributed by atoms with van der Waals surface area (Å²) < 4.78 is 1.75. The maximum absolute atomic E-state index is 11.0. The van der Waals surface area contributed by atoms with E-state index in [1.54, 1.807) is 16.5 Å². The number of carbonyl (C=O) groups is 1. The van der Waals surface area contributed by atoms with Crippen molar-refractivity contribution in [3.63, 3.8) is 0 Å². The zero-order valence-electron chi connectivity index (χ0n) is 9.56. The monoisotopic (exact) mass is 218 g/mol. The van der Waals surface area contributed by atoms with Crippen LogP contribution in [0.2, 0.25) is 0 Å². The number of rotatable bonds is 1. The Labute approximate surface area is 93.5 Å². The normalized spacial score (nSPS) is 11.9. The van der Waals surface area contributed by atoms with E-state index in [0.717, 1.165) is 5.69 Å². The molecule has 0 unspecified atom stereocenters. The summed E-state index contributed by atoms with van der Waals surface area (Å²) >= 11 is 0. The average molecular weight is 218 g/mol. The molecule has 2 aromatic rings. The van der Waals surface area contributed by atoms with E-state index in [0.29, 0.717) is 5.65 Å². The number of hydrogen-bond donors (Lipinski definition) is 1. The average Bonchev–Trinajstić information content (AvgIpc) is 2.59. The van der Waals surface area contributed by atoms with Crippen LogP contribution in [0.5, 0.6) is 0 Å². The van der Waals surface area contributed by atoms with Gasteiger partial charge in [-0.2, -0.15) is 0 Å². The summed E-state index contributed by atoms with van der Waals surface area (Å²) in [5.74, 6) is -0.948. The minimum Gasteiger partial charge on any atom is -0.478 e. The van der Waals surface area contributed by atoms with Gasteiger partial charge < -0.3 is 9.51 Å². The largest absolute Gasteiger partial charge is 0.478 e. The summed E-state index contributed by atoms with van der Waals surface area (Å²) in [5.41, 5.74) is 1.54. The quantitative estimate of drug-likeness (QED) is 0.799. The van der Waals surface area contributed by atoms with Gasteiger partial charge in [0.1, 0.15) is 5.56 Å². The van der Waals surface area contributed by atoms with Crippen molar-refractivity contribution in [2.24, 2.45) is 0 Å². The van der Waals surface area contributed by atoms with Gasteiger partial charge in [0, 0.05) is 17.8 Å². The highest BCUT2D eigenvalue weighted by atomic mass is 16.4. The summed E-state index contributed by atoms with van der Waals surface area (Å²) in [6.45, 7) is 6.15. The van der Waals surface area contributed by atoms with Crippen molar-refractivity contribution in [1.82, 2.24) is 9.38 Å². The Morgan fingerprint density at radius 2 is 2.12 bits per heavy atom. The summed E-state index contributed by atoms with van der Waals surface area (Å²) in [4.78, 5) is 15.4. The molecule has 0 bridgehead atoms. The van der Waals surface area contributed by atoms with Crippen LogP contribution in [0.25, 0.3) is 5.65 Å². The lowest BCUT2D eigenvalue weighted by Crippen LogP contribution is -2.11. The number of carboxylic acid groups (broad SMARTS) is 1. The van der Waals surface area contributed by atoms with Gasteiger partial charge in [-0.25, -0.2) is 9.78 Å². The number of aromatic nitrogens is 2. The molecule has 84 valence electrons. The van der Waals surface area contributed by atoms with Crippen molar-refractivity contribution in [3.05, 3.63) is 35.8 Å². The molecular weight excluding hydrogens is 204 g/mol. The molecule has 0 fully saturated rings. The number of fused-ring (bicyclic) bond motifs is 1. The van der Waals surface area contributed by atoms with Crippen molar-refractivity contribution in [2.45, 2.75) is 26.2 Å². The molecule has 2 rings (SSSR count). The Morgan fingerprint density at radius 3 is 2.69 bits per heavy atom. The number of imidazole rings is 1. The van der Waals surface area contributed by atoms with Crippen LogP contribution in [-0.2, 0) is 5.41 Å². The first-order valence-electron chi connectivity index (χ1n) is 5.11. The third kappa shape index (κ3) is 1.66. The Morgan fingerprint density at radius 1 is 1.44 bits per heavy atom. The van der Waals surface area contributed by atoms with Gasteiger partial charge in [-0.3, -0.25) is 0 Å². The van der Waals surface area contributed by atoms with Crippen LogP contribution >= 0.6 is 0 Å². The highest BCUT2D eigenvalue weighted by Crippen LogP contribution is 2.22. The summed E-state index contributed by atoms with van der Waals surface area (Å²) in [6.07, 6.45) is 3.69. The Hall–Kier alpha value is -1.84. The smallest absolute Gasteiger partial charge is 0.339 e. The fourth-order valence-corrected chi connectivity index (χ4v) is 1.54. The number of carboxylic acids is 1. The zero-order valence-corrected chi connectivity index (χ0v) is 9.56. The molecule has 0 saturated heterocycles. The van der Waals surface area contributed by atoms with E-state index < -0.39 is 5.97 Å². The van der Waals surface area contributed by atoms with Crippen LogP contribution in [-0.4, -0.2) is 20.5 Å². The molecule has 0 aliphatic carbocycles. The third-order valence-electron chi connectivity index (χ3n) is 2.48. The molecule has 0 saturated carbocycles. The lowest BCUT2D eigenvalue weighted by atomic mass is 9.93. The van der Waals surface area contributed by atoms with Crippen molar-refractivity contribution in [1.29, 1.82) is 0 Å². The molecule has 4 heteroatoms. The maximum Gasteiger partial charge on any atom is 0.339 e. The van der Waals surface area contributed by atoms with Gasteiger partial charge in [0.25, 0.3) is 0 Å². The van der Waals surface area contributed by atoms with Crippen LogP contribution in [0.4, 0.5) is 0 Å². The molecular formula is C12H14N2O2. The van der Waals surface area contributed by atoms with Gasteiger partial charge in [0.05, 0.1) is 5.69 Å². The molecule has 0 amide bonds. The highest BCUT2D eigenvalue weighted by Gasteiger charge is 2.19. The first-order valence-corrected chi connectivity index (χ1v) is 5.11. The molecule has 0 atom stereocenters. The highest BCUT2D eigenvalue weighted by molar-refractivity contribution is 5.94. The fraction of sp³-hybridized carbons (Fsp3) is 0.333. The lowest BCUT2D eigenvalue weighted by molar-refractivity contribution is 0.0698. The molecule has 2 aromatic heterocycles. The van der Waals surface area contributed by atoms with Crippen molar-refractivity contribution in [3.8, 4) is 0 Å². The number of aromatic carboxylic acids is 1. The van der Waals surface area contributed by atoms with Crippen LogP contribution in [0.1, 0.15) is 36.8 Å². The Kier molecular flexibility index (Phi) is 2.22. The molecule has 16 heavy (non-hydrogen) atoms. The molecule has 0 radical (unpaired) electrons. The van der Waals surface area contributed by atoms with Gasteiger partial charge in [0.15, 0.2) is 5.65 Å². The number of pyridine rings is 1. The number of hydrogen-bond acceptors (Lipinski definition) is 2. The maximum atomic E-state index is 11.0. The van der Waals surface area contributed by atoms with Crippen LogP contribution in [0.15, 0.2) is 24.5 Å². The summed E-state index contributed by atoms with van der Waals surface area (Å²) in [7, 11) is 0. The van der Waals surface area contributed by atoms with Gasteiger partial charge >= 0.3 is 5.97 Å². The Balaban J connectivity index is 2.71. The summed E-state index contributed by atoms with van der Waals surface area (Å²) in [6, 6.07) is 3.28. The molecule has 1 N–H and O–H groups in total. The third-order valence-corrected chi connectivity index (χ3v) is 2.48. The van der Waals surface area contributed by atoms with Gasteiger partial charge in [-0.15, -0.1) is 0 Å². The van der Waals surface area contributed by atoms with Gasteiger partial charge in [-0.1, -0.05) is 20.8 Å². The second kappa shape index (κ2) is 3.33. The standard InChI is InChI=1S/C12H14N2O2/c1-12(2,3)9-7-14-6-4-5-8(11(15)16)10(14)13-9/h4-7H,1-3H3,(H,15,16). The fourth-order valence-electron chi connectivity index (χ4n) is 1.54. The SMILES string of the molecule is CC(C)(C)c1cn2cccc(C(=O)O)c2n1. The van der Waals surface area contributed by atoms with Crippen LogP contribution in [0, 0.1) is 0 Å². The zero-order chi connectivity index (χ0) is 11.9. The molecule has 0 spiro atoms. The number of nitrogens with zero attached hydrogens (tertiary/aromatic N) is 2. The van der Waals surface area contributed by atoms with Crippen molar-refractivity contribution in [2.75, 3.05) is 0 Å².